The molecule has 0 saturated heterocycles. The van der Waals surface area contributed by atoms with E-state index in [0.717, 1.165) is 0 Å². The highest BCUT2D eigenvalue weighted by atomic mass is 16.3. The SMILES string of the molecule is OCCCN(CCO)C(CO)CCO. The summed E-state index contributed by atoms with van der Waals surface area (Å²) >= 11 is 0. The van der Waals surface area contributed by atoms with Crippen LogP contribution in [0.1, 0.15) is 12.8 Å². The van der Waals surface area contributed by atoms with E-state index in [2.05, 4.69) is 0 Å². The van der Waals surface area contributed by atoms with Crippen LogP contribution in [0.5, 0.6) is 0 Å². The fraction of sp³-hybridized carbons (Fsp3) is 1.00. The minimum absolute atomic E-state index is 0.0201. The van der Waals surface area contributed by atoms with Crippen molar-refractivity contribution in [2.45, 2.75) is 18.9 Å². The quantitative estimate of drug-likeness (QED) is 0.366. The molecule has 14 heavy (non-hydrogen) atoms. The highest BCUT2D eigenvalue weighted by molar-refractivity contribution is 4.70. The molecule has 4 N–H and O–H groups in total. The van der Waals surface area contributed by atoms with E-state index in [0.29, 0.717) is 25.9 Å². The number of nitrogens with zero attached hydrogens (tertiary/aromatic N) is 1. The second-order valence-electron chi connectivity index (χ2n) is 3.19. The summed E-state index contributed by atoms with van der Waals surface area (Å²) in [5.41, 5.74) is 0. The van der Waals surface area contributed by atoms with E-state index in [1.807, 2.05) is 4.90 Å². The molecule has 86 valence electrons. The predicted molar refractivity (Wildman–Crippen MR) is 52.9 cm³/mol. The smallest absolute Gasteiger partial charge is 0.0587 e. The first-order chi connectivity index (χ1) is 6.79. The van der Waals surface area contributed by atoms with Gasteiger partial charge in [-0.05, 0) is 12.8 Å². The van der Waals surface area contributed by atoms with Crippen molar-refractivity contribution in [1.29, 1.82) is 0 Å². The summed E-state index contributed by atoms with van der Waals surface area (Å²) in [6, 6.07) is -0.126. The number of rotatable bonds is 9. The Morgan fingerprint density at radius 3 is 2.00 bits per heavy atom. The Morgan fingerprint density at radius 1 is 0.857 bits per heavy atom. The minimum atomic E-state index is -0.126. The van der Waals surface area contributed by atoms with Crippen LogP contribution < -0.4 is 0 Å². The van der Waals surface area contributed by atoms with Crippen LogP contribution >= 0.6 is 0 Å². The monoisotopic (exact) mass is 207 g/mol. The van der Waals surface area contributed by atoms with Gasteiger partial charge in [0.05, 0.1) is 13.2 Å². The summed E-state index contributed by atoms with van der Waals surface area (Å²) in [7, 11) is 0. The van der Waals surface area contributed by atoms with Crippen LogP contribution in [0.25, 0.3) is 0 Å². The summed E-state index contributed by atoms with van der Waals surface area (Å²) in [5.74, 6) is 0. The average Bonchev–Trinajstić information content (AvgIpc) is 2.21. The molecule has 0 aliphatic rings. The van der Waals surface area contributed by atoms with Gasteiger partial charge in [-0.3, -0.25) is 4.90 Å². The van der Waals surface area contributed by atoms with Crippen LogP contribution in [-0.2, 0) is 0 Å². The third-order valence-electron chi connectivity index (χ3n) is 2.18. The molecule has 0 spiro atoms. The highest BCUT2D eigenvalue weighted by Crippen LogP contribution is 2.04. The van der Waals surface area contributed by atoms with Crippen LogP contribution in [-0.4, -0.2) is 70.9 Å². The molecule has 0 saturated carbocycles. The number of hydrogen-bond donors (Lipinski definition) is 4. The molecule has 0 aliphatic heterocycles. The van der Waals surface area contributed by atoms with Gasteiger partial charge >= 0.3 is 0 Å². The molecule has 0 aromatic rings. The Kier molecular flexibility index (Phi) is 9.23. The van der Waals surface area contributed by atoms with E-state index in [9.17, 15) is 0 Å². The molecule has 0 radical (unpaired) electrons. The molecule has 1 atom stereocenters. The lowest BCUT2D eigenvalue weighted by atomic mass is 10.2. The summed E-state index contributed by atoms with van der Waals surface area (Å²) in [4.78, 5) is 1.88. The van der Waals surface area contributed by atoms with E-state index >= 15 is 0 Å². The summed E-state index contributed by atoms with van der Waals surface area (Å²) in [6.45, 7) is 1.19. The van der Waals surface area contributed by atoms with Gasteiger partial charge in [0.25, 0.3) is 0 Å². The van der Waals surface area contributed by atoms with E-state index in [-0.39, 0.29) is 32.5 Å². The first-order valence-corrected chi connectivity index (χ1v) is 4.97. The van der Waals surface area contributed by atoms with Crippen molar-refractivity contribution in [1.82, 2.24) is 4.90 Å². The Labute approximate surface area is 84.6 Å². The first kappa shape index (κ1) is 13.8. The maximum Gasteiger partial charge on any atom is 0.0587 e. The van der Waals surface area contributed by atoms with Crippen LogP contribution in [0.3, 0.4) is 0 Å². The standard InChI is InChI=1S/C9H21NO4/c11-5-1-3-10(4-7-13)9(8-14)2-6-12/h9,11-14H,1-8H2. The van der Waals surface area contributed by atoms with Crippen LogP contribution in [0, 0.1) is 0 Å². The second kappa shape index (κ2) is 9.36. The summed E-state index contributed by atoms with van der Waals surface area (Å²) < 4.78 is 0. The van der Waals surface area contributed by atoms with Crippen molar-refractivity contribution in [3.8, 4) is 0 Å². The zero-order chi connectivity index (χ0) is 10.8. The lowest BCUT2D eigenvalue weighted by molar-refractivity contribution is 0.0777. The normalized spacial score (nSPS) is 13.5. The van der Waals surface area contributed by atoms with Gasteiger partial charge in [-0.15, -0.1) is 0 Å². The van der Waals surface area contributed by atoms with Crippen molar-refractivity contribution < 1.29 is 20.4 Å². The Balaban J connectivity index is 3.97. The zero-order valence-electron chi connectivity index (χ0n) is 8.47. The molecule has 0 aromatic heterocycles. The molecular formula is C9H21NO4. The average molecular weight is 207 g/mol. The van der Waals surface area contributed by atoms with Crippen LogP contribution in [0.15, 0.2) is 0 Å². The molecule has 0 rings (SSSR count). The zero-order valence-corrected chi connectivity index (χ0v) is 8.47. The maximum atomic E-state index is 9.06. The minimum Gasteiger partial charge on any atom is -0.396 e. The molecule has 0 amide bonds. The molecule has 0 heterocycles. The van der Waals surface area contributed by atoms with Crippen molar-refractivity contribution in [2.24, 2.45) is 0 Å². The second-order valence-corrected chi connectivity index (χ2v) is 3.19. The van der Waals surface area contributed by atoms with Gasteiger partial charge < -0.3 is 20.4 Å². The molecule has 0 bridgehead atoms. The number of aliphatic hydroxyl groups is 4. The lowest BCUT2D eigenvalue weighted by Gasteiger charge is -2.29. The molecule has 0 aliphatic carbocycles. The summed E-state index contributed by atoms with van der Waals surface area (Å²) in [5, 5.41) is 35.3. The van der Waals surface area contributed by atoms with Gasteiger partial charge in [-0.25, -0.2) is 0 Å². The third-order valence-corrected chi connectivity index (χ3v) is 2.18. The summed E-state index contributed by atoms with van der Waals surface area (Å²) in [6.07, 6.45) is 1.10. The van der Waals surface area contributed by atoms with Gasteiger partial charge in [0.2, 0.25) is 0 Å². The lowest BCUT2D eigenvalue weighted by Crippen LogP contribution is -2.41. The molecule has 5 nitrogen and oxygen atoms in total. The third kappa shape index (κ3) is 5.51. The molecular weight excluding hydrogens is 186 g/mol. The predicted octanol–water partition coefficient (Wildman–Crippen LogP) is -1.59. The van der Waals surface area contributed by atoms with Crippen LogP contribution in [0.4, 0.5) is 0 Å². The fourth-order valence-electron chi connectivity index (χ4n) is 1.42. The molecule has 0 aromatic carbocycles. The Morgan fingerprint density at radius 2 is 1.57 bits per heavy atom. The van der Waals surface area contributed by atoms with E-state index in [1.54, 1.807) is 0 Å². The van der Waals surface area contributed by atoms with Gasteiger partial charge in [-0.1, -0.05) is 0 Å². The van der Waals surface area contributed by atoms with Gasteiger partial charge in [-0.2, -0.15) is 0 Å². The van der Waals surface area contributed by atoms with Crippen molar-refractivity contribution in [2.75, 3.05) is 39.5 Å². The number of aliphatic hydroxyl groups excluding tert-OH is 4. The largest absolute Gasteiger partial charge is 0.396 e. The van der Waals surface area contributed by atoms with Crippen molar-refractivity contribution in [3.05, 3.63) is 0 Å². The maximum absolute atomic E-state index is 9.06. The highest BCUT2D eigenvalue weighted by Gasteiger charge is 2.15. The van der Waals surface area contributed by atoms with E-state index < -0.39 is 0 Å². The Hall–Kier alpha value is -0.200. The van der Waals surface area contributed by atoms with Crippen molar-refractivity contribution >= 4 is 0 Å². The van der Waals surface area contributed by atoms with E-state index in [4.69, 9.17) is 20.4 Å². The molecule has 0 fully saturated rings. The van der Waals surface area contributed by atoms with Crippen molar-refractivity contribution in [3.63, 3.8) is 0 Å². The fourth-order valence-corrected chi connectivity index (χ4v) is 1.42. The molecule has 1 unspecified atom stereocenters. The Bertz CT molecular complexity index is 123. The van der Waals surface area contributed by atoms with Gasteiger partial charge in [0.1, 0.15) is 0 Å². The van der Waals surface area contributed by atoms with Gasteiger partial charge in [0, 0.05) is 32.3 Å². The number of hydrogen-bond acceptors (Lipinski definition) is 5. The topological polar surface area (TPSA) is 84.2 Å². The van der Waals surface area contributed by atoms with E-state index in [1.165, 1.54) is 0 Å². The molecule has 5 heteroatoms. The first-order valence-electron chi connectivity index (χ1n) is 4.97. The van der Waals surface area contributed by atoms with Crippen LogP contribution in [0.2, 0.25) is 0 Å². The van der Waals surface area contributed by atoms with Gasteiger partial charge in [0.15, 0.2) is 0 Å².